The molecule has 0 fully saturated rings. The molecule has 0 aliphatic rings. The van der Waals surface area contributed by atoms with Gasteiger partial charge in [0.05, 0.1) is 17.7 Å². The molecule has 29 heavy (non-hydrogen) atoms. The summed E-state index contributed by atoms with van der Waals surface area (Å²) in [6.45, 7) is 7.02. The Kier molecular flexibility index (Phi) is 5.83. The highest BCUT2D eigenvalue weighted by atomic mass is 32.1. The fourth-order valence-electron chi connectivity index (χ4n) is 3.19. The zero-order valence-electron chi connectivity index (χ0n) is 16.6. The van der Waals surface area contributed by atoms with Crippen LogP contribution in [0.1, 0.15) is 33.4 Å². The third-order valence-electron chi connectivity index (χ3n) is 4.71. The summed E-state index contributed by atoms with van der Waals surface area (Å²) in [5, 5.41) is 3.35. The SMILES string of the molecule is CCOC(=O)c1c(NC(=O)Cn2c(C)cc(=O)c3cccc(F)c32)sc(C)c1C. The molecule has 0 radical (unpaired) electrons. The summed E-state index contributed by atoms with van der Waals surface area (Å²) >= 11 is 1.28. The number of carbonyl (C=O) groups is 2. The largest absolute Gasteiger partial charge is 0.462 e. The Bertz CT molecular complexity index is 1180. The number of para-hydroxylation sites is 1. The van der Waals surface area contributed by atoms with Gasteiger partial charge in [-0.3, -0.25) is 9.59 Å². The van der Waals surface area contributed by atoms with Crippen molar-refractivity contribution in [3.05, 3.63) is 62.0 Å². The quantitative estimate of drug-likeness (QED) is 0.639. The fourth-order valence-corrected chi connectivity index (χ4v) is 4.25. The number of thiophene rings is 1. The zero-order valence-corrected chi connectivity index (χ0v) is 17.4. The highest BCUT2D eigenvalue weighted by Crippen LogP contribution is 2.33. The summed E-state index contributed by atoms with van der Waals surface area (Å²) in [5.41, 5.74) is 1.32. The average Bonchev–Trinajstić information content (AvgIpc) is 2.92. The smallest absolute Gasteiger partial charge is 0.341 e. The molecule has 3 aromatic rings. The molecule has 1 amide bonds. The molecule has 3 rings (SSSR count). The molecule has 2 heterocycles. The molecule has 0 saturated carbocycles. The lowest BCUT2D eigenvalue weighted by Crippen LogP contribution is -2.23. The predicted molar refractivity (Wildman–Crippen MR) is 111 cm³/mol. The lowest BCUT2D eigenvalue weighted by Gasteiger charge is -2.15. The number of amides is 1. The van der Waals surface area contributed by atoms with Gasteiger partial charge in [-0.2, -0.15) is 0 Å². The number of nitrogens with zero attached hydrogens (tertiary/aromatic N) is 1. The van der Waals surface area contributed by atoms with Crippen LogP contribution in [0.3, 0.4) is 0 Å². The molecule has 0 aliphatic carbocycles. The molecule has 1 aromatic carbocycles. The second kappa shape index (κ2) is 8.16. The Labute approximate surface area is 170 Å². The van der Waals surface area contributed by atoms with E-state index in [0.717, 1.165) is 10.4 Å². The highest BCUT2D eigenvalue weighted by Gasteiger charge is 2.22. The minimum absolute atomic E-state index is 0.0804. The normalized spacial score (nSPS) is 10.9. The van der Waals surface area contributed by atoms with Gasteiger partial charge >= 0.3 is 5.97 Å². The maximum absolute atomic E-state index is 14.4. The second-order valence-electron chi connectivity index (χ2n) is 6.63. The summed E-state index contributed by atoms with van der Waals surface area (Å²) in [4.78, 5) is 38.1. The van der Waals surface area contributed by atoms with Crippen LogP contribution in [0.4, 0.5) is 9.39 Å². The van der Waals surface area contributed by atoms with Crippen molar-refractivity contribution in [3.8, 4) is 0 Å². The second-order valence-corrected chi connectivity index (χ2v) is 7.85. The van der Waals surface area contributed by atoms with Crippen LogP contribution in [-0.2, 0) is 16.1 Å². The zero-order chi connectivity index (χ0) is 21.3. The van der Waals surface area contributed by atoms with Gasteiger partial charge in [-0.25, -0.2) is 9.18 Å². The van der Waals surface area contributed by atoms with E-state index in [-0.39, 0.29) is 29.5 Å². The van der Waals surface area contributed by atoms with E-state index in [1.807, 2.05) is 6.92 Å². The van der Waals surface area contributed by atoms with Gasteiger partial charge in [0.2, 0.25) is 5.91 Å². The van der Waals surface area contributed by atoms with Crippen molar-refractivity contribution >= 4 is 39.1 Å². The van der Waals surface area contributed by atoms with Crippen molar-refractivity contribution in [3.63, 3.8) is 0 Å². The number of aromatic nitrogens is 1. The molecule has 0 saturated heterocycles. The van der Waals surface area contributed by atoms with Gasteiger partial charge < -0.3 is 14.6 Å². The van der Waals surface area contributed by atoms with Crippen molar-refractivity contribution in [2.45, 2.75) is 34.2 Å². The minimum atomic E-state index is -0.578. The first-order chi connectivity index (χ1) is 13.7. The van der Waals surface area contributed by atoms with E-state index in [1.54, 1.807) is 20.8 Å². The monoisotopic (exact) mass is 416 g/mol. The average molecular weight is 416 g/mol. The van der Waals surface area contributed by atoms with Gasteiger partial charge in [0, 0.05) is 22.0 Å². The van der Waals surface area contributed by atoms with Crippen molar-refractivity contribution in [1.82, 2.24) is 4.57 Å². The number of rotatable bonds is 5. The van der Waals surface area contributed by atoms with Crippen LogP contribution in [0.5, 0.6) is 0 Å². The molecule has 0 spiro atoms. The predicted octanol–water partition coefficient (Wildman–Crippen LogP) is 3.94. The number of benzene rings is 1. The Balaban J connectivity index is 1.97. The Hall–Kier alpha value is -3.00. The molecule has 152 valence electrons. The lowest BCUT2D eigenvalue weighted by molar-refractivity contribution is -0.116. The van der Waals surface area contributed by atoms with Crippen LogP contribution < -0.4 is 10.7 Å². The van der Waals surface area contributed by atoms with E-state index in [4.69, 9.17) is 4.74 Å². The molecule has 1 N–H and O–H groups in total. The molecule has 0 bridgehead atoms. The number of hydrogen-bond donors (Lipinski definition) is 1. The number of nitrogens with one attached hydrogen (secondary N) is 1. The summed E-state index contributed by atoms with van der Waals surface area (Å²) in [5.74, 6) is -1.51. The van der Waals surface area contributed by atoms with Crippen molar-refractivity contribution in [2.24, 2.45) is 0 Å². The van der Waals surface area contributed by atoms with E-state index in [2.05, 4.69) is 5.32 Å². The van der Waals surface area contributed by atoms with Gasteiger partial charge in [-0.1, -0.05) is 6.07 Å². The highest BCUT2D eigenvalue weighted by molar-refractivity contribution is 7.16. The number of esters is 1. The molecule has 8 heteroatoms. The Morgan fingerprint density at radius 3 is 2.66 bits per heavy atom. The minimum Gasteiger partial charge on any atom is -0.462 e. The van der Waals surface area contributed by atoms with Gasteiger partial charge in [-0.15, -0.1) is 11.3 Å². The number of halogens is 1. The standard InChI is InChI=1S/C21H21FN2O4S/c1-5-28-21(27)18-12(3)13(4)29-20(18)23-17(26)10-24-11(2)9-16(25)14-7-6-8-15(22)19(14)24/h6-9H,5,10H2,1-4H3,(H,23,26). The number of fused-ring (bicyclic) bond motifs is 1. The van der Waals surface area contributed by atoms with Crippen LogP contribution in [0.25, 0.3) is 10.9 Å². The maximum Gasteiger partial charge on any atom is 0.341 e. The Morgan fingerprint density at radius 1 is 1.24 bits per heavy atom. The number of aryl methyl sites for hydroxylation is 2. The van der Waals surface area contributed by atoms with Gasteiger partial charge in [0.25, 0.3) is 0 Å². The number of carbonyl (C=O) groups excluding carboxylic acids is 2. The third-order valence-corrected chi connectivity index (χ3v) is 5.83. The van der Waals surface area contributed by atoms with E-state index in [1.165, 1.54) is 40.2 Å². The fraction of sp³-hybridized carbons (Fsp3) is 0.286. The molecule has 0 aliphatic heterocycles. The third kappa shape index (κ3) is 3.93. The van der Waals surface area contributed by atoms with Crippen molar-refractivity contribution in [2.75, 3.05) is 11.9 Å². The summed E-state index contributed by atoms with van der Waals surface area (Å²) in [6.07, 6.45) is 0. The summed E-state index contributed by atoms with van der Waals surface area (Å²) in [7, 11) is 0. The van der Waals surface area contributed by atoms with Gasteiger partial charge in [0.1, 0.15) is 17.4 Å². The van der Waals surface area contributed by atoms with Crippen LogP contribution in [-0.4, -0.2) is 23.1 Å². The molecule has 0 unspecified atom stereocenters. The Morgan fingerprint density at radius 2 is 1.97 bits per heavy atom. The summed E-state index contributed by atoms with van der Waals surface area (Å²) in [6, 6.07) is 5.61. The van der Waals surface area contributed by atoms with E-state index in [0.29, 0.717) is 16.3 Å². The molecule has 0 atom stereocenters. The first-order valence-corrected chi connectivity index (χ1v) is 9.91. The van der Waals surface area contributed by atoms with Crippen molar-refractivity contribution < 1.29 is 18.7 Å². The molecule has 6 nitrogen and oxygen atoms in total. The summed E-state index contributed by atoms with van der Waals surface area (Å²) < 4.78 is 21.0. The number of pyridine rings is 1. The first-order valence-electron chi connectivity index (χ1n) is 9.10. The van der Waals surface area contributed by atoms with Crippen LogP contribution in [0.2, 0.25) is 0 Å². The molecular weight excluding hydrogens is 395 g/mol. The maximum atomic E-state index is 14.4. The van der Waals surface area contributed by atoms with E-state index in [9.17, 15) is 18.8 Å². The topological polar surface area (TPSA) is 77.4 Å². The first kappa shape index (κ1) is 20.7. The molecule has 2 aromatic heterocycles. The number of hydrogen-bond acceptors (Lipinski definition) is 5. The van der Waals surface area contributed by atoms with Crippen LogP contribution in [0.15, 0.2) is 29.1 Å². The van der Waals surface area contributed by atoms with E-state index >= 15 is 0 Å². The van der Waals surface area contributed by atoms with Gasteiger partial charge in [0.15, 0.2) is 5.43 Å². The molecular formula is C21H21FN2O4S. The number of ether oxygens (including phenoxy) is 1. The van der Waals surface area contributed by atoms with Crippen LogP contribution >= 0.6 is 11.3 Å². The number of anilines is 1. The van der Waals surface area contributed by atoms with Crippen LogP contribution in [0, 0.1) is 26.6 Å². The van der Waals surface area contributed by atoms with Gasteiger partial charge in [-0.05, 0) is 45.4 Å². The lowest BCUT2D eigenvalue weighted by atomic mass is 10.1. The van der Waals surface area contributed by atoms with E-state index < -0.39 is 17.7 Å². The van der Waals surface area contributed by atoms with Crippen molar-refractivity contribution in [1.29, 1.82) is 0 Å².